The predicted octanol–water partition coefficient (Wildman–Crippen LogP) is 3.97. The van der Waals surface area contributed by atoms with Crippen LogP contribution < -0.4 is 10.6 Å². The molecule has 0 spiro atoms. The Morgan fingerprint density at radius 2 is 1.52 bits per heavy atom. The van der Waals surface area contributed by atoms with Crippen molar-refractivity contribution in [3.05, 3.63) is 24.4 Å². The minimum Gasteiger partial charge on any atom is -0.460 e. The van der Waals surface area contributed by atoms with Gasteiger partial charge in [0.2, 0.25) is 11.8 Å². The summed E-state index contributed by atoms with van der Waals surface area (Å²) in [7, 11) is 1.42. The van der Waals surface area contributed by atoms with Crippen LogP contribution in [0.3, 0.4) is 0 Å². The number of allylic oxidation sites excluding steroid dienone is 1. The number of nitrogens with one attached hydrogen (secondary N) is 2. The van der Waals surface area contributed by atoms with Crippen LogP contribution in [-0.4, -0.2) is 71.3 Å². The fraction of sp³-hybridized carbons (Fsp3) is 0.719. The Morgan fingerprint density at radius 3 is 2.10 bits per heavy atom. The number of ketones is 1. The van der Waals surface area contributed by atoms with E-state index in [1.54, 1.807) is 0 Å². The first-order valence-corrected chi connectivity index (χ1v) is 15.4. The van der Waals surface area contributed by atoms with Gasteiger partial charge < -0.3 is 25.4 Å². The molecule has 0 aromatic carbocycles. The van der Waals surface area contributed by atoms with E-state index < -0.39 is 53.6 Å². The summed E-state index contributed by atoms with van der Waals surface area (Å²) in [5.74, 6) is -3.98. The van der Waals surface area contributed by atoms with Gasteiger partial charge in [0.05, 0.1) is 12.5 Å². The van der Waals surface area contributed by atoms with E-state index in [9.17, 15) is 29.1 Å². The molecule has 42 heavy (non-hydrogen) atoms. The van der Waals surface area contributed by atoms with E-state index in [1.165, 1.54) is 65.0 Å². The van der Waals surface area contributed by atoms with Gasteiger partial charge in [0, 0.05) is 18.8 Å². The molecule has 0 bridgehead atoms. The van der Waals surface area contributed by atoms with Crippen LogP contribution in [0.4, 0.5) is 0 Å². The van der Waals surface area contributed by atoms with Crippen molar-refractivity contribution in [2.45, 2.75) is 116 Å². The quantitative estimate of drug-likeness (QED) is 0.167. The Labute approximate surface area is 251 Å². The second-order valence-corrected chi connectivity index (χ2v) is 12.0. The fourth-order valence-corrected chi connectivity index (χ4v) is 4.82. The van der Waals surface area contributed by atoms with E-state index in [1.807, 2.05) is 0 Å². The third-order valence-corrected chi connectivity index (χ3v) is 7.58. The van der Waals surface area contributed by atoms with Crippen LogP contribution in [0, 0.1) is 11.8 Å². The number of unbranched alkanes of at least 4 members (excludes halogenated alkanes) is 9. The maximum absolute atomic E-state index is 13.2. The highest BCUT2D eigenvalue weighted by Crippen LogP contribution is 2.23. The summed E-state index contributed by atoms with van der Waals surface area (Å²) in [4.78, 5) is 64.3. The zero-order chi connectivity index (χ0) is 31.7. The molecule has 3 atom stereocenters. The van der Waals surface area contributed by atoms with Crippen molar-refractivity contribution in [3.8, 4) is 0 Å². The second-order valence-electron chi connectivity index (χ2n) is 12.0. The molecule has 10 nitrogen and oxygen atoms in total. The van der Waals surface area contributed by atoms with Gasteiger partial charge in [0.15, 0.2) is 11.4 Å². The van der Waals surface area contributed by atoms with E-state index in [-0.39, 0.29) is 12.2 Å². The molecule has 1 heterocycles. The summed E-state index contributed by atoms with van der Waals surface area (Å²) in [6, 6.07) is 0. The molecule has 3 N–H and O–H groups in total. The zero-order valence-corrected chi connectivity index (χ0v) is 26.3. The monoisotopic (exact) mass is 591 g/mol. The summed E-state index contributed by atoms with van der Waals surface area (Å²) in [6.45, 7) is 9.81. The molecule has 0 fully saturated rings. The topological polar surface area (TPSA) is 142 Å². The minimum atomic E-state index is -2.45. The van der Waals surface area contributed by atoms with Crippen molar-refractivity contribution in [1.29, 1.82) is 0 Å². The van der Waals surface area contributed by atoms with Crippen LogP contribution >= 0.6 is 0 Å². The molecule has 0 aliphatic carbocycles. The van der Waals surface area contributed by atoms with Gasteiger partial charge in [-0.25, -0.2) is 0 Å². The summed E-state index contributed by atoms with van der Waals surface area (Å²) in [5, 5.41) is 15.4. The van der Waals surface area contributed by atoms with Gasteiger partial charge in [-0.15, -0.1) is 0 Å². The maximum atomic E-state index is 13.2. The maximum Gasteiger partial charge on any atom is 0.325 e. The molecule has 0 aromatic heterocycles. The highest BCUT2D eigenvalue weighted by molar-refractivity contribution is 6.10. The third-order valence-electron chi connectivity index (χ3n) is 7.58. The van der Waals surface area contributed by atoms with Crippen LogP contribution in [0.15, 0.2) is 24.4 Å². The van der Waals surface area contributed by atoms with E-state index in [0.717, 1.165) is 43.1 Å². The average molecular weight is 592 g/mol. The fourth-order valence-electron chi connectivity index (χ4n) is 4.82. The molecule has 238 valence electrons. The van der Waals surface area contributed by atoms with Crippen LogP contribution in [0.1, 0.15) is 105 Å². The van der Waals surface area contributed by atoms with Crippen molar-refractivity contribution >= 4 is 29.5 Å². The first kappa shape index (κ1) is 37.0. The molecule has 1 rings (SSSR count). The predicted molar refractivity (Wildman–Crippen MR) is 162 cm³/mol. The van der Waals surface area contributed by atoms with Gasteiger partial charge in [-0.1, -0.05) is 91.6 Å². The molecular weight excluding hydrogens is 538 g/mol. The van der Waals surface area contributed by atoms with E-state index in [4.69, 9.17) is 4.74 Å². The molecule has 0 radical (unpaired) electrons. The Kier molecular flexibility index (Phi) is 16.9. The zero-order valence-electron chi connectivity index (χ0n) is 26.3. The molecule has 0 saturated carbocycles. The largest absolute Gasteiger partial charge is 0.460 e. The normalized spacial score (nSPS) is 24.3. The van der Waals surface area contributed by atoms with E-state index in [0.29, 0.717) is 12.8 Å². The number of aliphatic hydroxyl groups is 1. The molecule has 3 amide bonds. The summed E-state index contributed by atoms with van der Waals surface area (Å²) in [5.41, 5.74) is -2.37. The Bertz CT molecular complexity index is 958. The highest BCUT2D eigenvalue weighted by atomic mass is 16.5. The standard InChI is InChI=1S/C32H53N3O7/c1-23(2)17-15-13-11-9-7-8-10-12-14-16-18-26-25(4)30(39)32(5,41)31(40)33-21-27(36)34-24(3)19-20-28(37)35(6)22-29(38)42-26/h19-20,23,25-26,41H,3,7-18,21-22H2,1-2,4-6H3,(H,33,40)(H,34,36)/b20-19+. The van der Waals surface area contributed by atoms with E-state index >= 15 is 0 Å². The number of ether oxygens (including phenoxy) is 1. The molecule has 1 aliphatic heterocycles. The van der Waals surface area contributed by atoms with Crippen LogP contribution in [0.25, 0.3) is 0 Å². The van der Waals surface area contributed by atoms with Crippen molar-refractivity contribution in [2.75, 3.05) is 20.1 Å². The average Bonchev–Trinajstić information content (AvgIpc) is 2.92. The smallest absolute Gasteiger partial charge is 0.325 e. The molecule has 0 aromatic rings. The minimum absolute atomic E-state index is 0.0801. The lowest BCUT2D eigenvalue weighted by Crippen LogP contribution is -2.55. The first-order chi connectivity index (χ1) is 19.7. The number of likely N-dealkylation sites (N-methyl/N-ethyl adjacent to an activating group) is 1. The molecule has 0 saturated heterocycles. The highest BCUT2D eigenvalue weighted by Gasteiger charge is 2.44. The van der Waals surface area contributed by atoms with Gasteiger partial charge in [0.1, 0.15) is 12.6 Å². The van der Waals surface area contributed by atoms with Crippen LogP contribution in [0.5, 0.6) is 0 Å². The number of carbonyl (C=O) groups is 5. The third kappa shape index (κ3) is 14.2. The van der Waals surface area contributed by atoms with Gasteiger partial charge >= 0.3 is 5.97 Å². The Hall–Kier alpha value is -3.01. The number of carbonyl (C=O) groups excluding carboxylic acids is 5. The number of Topliss-reactive ketones (excluding diaryl/α,β-unsaturated/α-hetero) is 1. The Morgan fingerprint density at radius 1 is 0.976 bits per heavy atom. The van der Waals surface area contributed by atoms with Crippen molar-refractivity contribution < 1.29 is 33.8 Å². The summed E-state index contributed by atoms with van der Waals surface area (Å²) < 4.78 is 5.65. The van der Waals surface area contributed by atoms with Gasteiger partial charge in [0.25, 0.3) is 5.91 Å². The van der Waals surface area contributed by atoms with Crippen molar-refractivity contribution in [3.63, 3.8) is 0 Å². The van der Waals surface area contributed by atoms with Gasteiger partial charge in [-0.05, 0) is 31.8 Å². The lowest BCUT2D eigenvalue weighted by Gasteiger charge is -2.29. The molecule has 3 unspecified atom stereocenters. The van der Waals surface area contributed by atoms with Crippen molar-refractivity contribution in [2.24, 2.45) is 11.8 Å². The summed E-state index contributed by atoms with van der Waals surface area (Å²) >= 11 is 0. The number of hydrogen-bond donors (Lipinski definition) is 3. The lowest BCUT2D eigenvalue weighted by molar-refractivity contribution is -0.162. The number of hydrogen-bond acceptors (Lipinski definition) is 7. The second kappa shape index (κ2) is 19.2. The molecule has 1 aliphatic rings. The summed E-state index contributed by atoms with van der Waals surface area (Å²) in [6.07, 6.45) is 14.5. The van der Waals surface area contributed by atoms with Crippen LogP contribution in [-0.2, 0) is 28.7 Å². The number of nitrogens with zero attached hydrogens (tertiary/aromatic N) is 1. The number of cyclic esters (lactones) is 1. The van der Waals surface area contributed by atoms with Crippen LogP contribution in [0.2, 0.25) is 0 Å². The Balaban J connectivity index is 2.77. The lowest BCUT2D eigenvalue weighted by atomic mass is 9.85. The van der Waals surface area contributed by atoms with Crippen molar-refractivity contribution in [1.82, 2.24) is 15.5 Å². The molecule has 10 heteroatoms. The molecular formula is C32H53N3O7. The van der Waals surface area contributed by atoms with Gasteiger partial charge in [-0.3, -0.25) is 24.0 Å². The van der Waals surface area contributed by atoms with Gasteiger partial charge in [-0.2, -0.15) is 0 Å². The number of esters is 1. The number of amides is 3. The SMILES string of the molecule is C=C1/C=C/C(=O)N(C)CC(=O)OC(CCCCCCCCCCCCC(C)C)C(C)C(=O)C(C)(O)C(=O)NCC(=O)N1. The number of rotatable bonds is 13. The first-order valence-electron chi connectivity index (χ1n) is 15.4. The van der Waals surface area contributed by atoms with E-state index in [2.05, 4.69) is 31.1 Å².